The van der Waals surface area contributed by atoms with Crippen LogP contribution in [0.15, 0.2) is 200 Å². The van der Waals surface area contributed by atoms with Gasteiger partial charge in [-0.2, -0.15) is 0 Å². The molecular weight excluding hydrogens is 1530 g/mol. The third kappa shape index (κ3) is 50.9. The van der Waals surface area contributed by atoms with E-state index in [1.54, 1.807) is 81.4 Å². The zero-order valence-corrected chi connectivity index (χ0v) is 81.1. The molecule has 1 aliphatic carbocycles. The summed E-state index contributed by atoms with van der Waals surface area (Å²) in [5.74, 6) is 8.39. The lowest BCUT2D eigenvalue weighted by atomic mass is 9.84. The number of rotatable bonds is 27. The average molecular weight is 1700 g/mol. The molecule has 1 fully saturated rings. The van der Waals surface area contributed by atoms with Crippen molar-refractivity contribution in [1.82, 2.24) is 0 Å². The van der Waals surface area contributed by atoms with Gasteiger partial charge in [-0.25, -0.2) is 4.79 Å². The minimum atomic E-state index is -0.668. The lowest BCUT2D eigenvalue weighted by Gasteiger charge is -2.22. The maximum Gasteiger partial charge on any atom is 0.514 e. The third-order valence-corrected chi connectivity index (χ3v) is 21.8. The van der Waals surface area contributed by atoms with Gasteiger partial charge in [-0.3, -0.25) is 9.59 Å². The van der Waals surface area contributed by atoms with Crippen LogP contribution in [0, 0.1) is 11.8 Å². The van der Waals surface area contributed by atoms with Crippen LogP contribution in [0.1, 0.15) is 376 Å². The number of phenols is 4. The highest BCUT2D eigenvalue weighted by Crippen LogP contribution is 2.34. The molecule has 8 aromatic carbocycles. The largest absolute Gasteiger partial charge is 0.514 e. The van der Waals surface area contributed by atoms with Gasteiger partial charge in [0.2, 0.25) is 0 Å². The zero-order valence-electron chi connectivity index (χ0n) is 81.1. The highest BCUT2D eigenvalue weighted by Gasteiger charge is 2.23. The Kier molecular flexibility index (Phi) is 55.5. The maximum atomic E-state index is 11.5. The molecule has 1 aliphatic rings. The van der Waals surface area contributed by atoms with E-state index >= 15 is 0 Å². The summed E-state index contributed by atoms with van der Waals surface area (Å²) in [6, 6.07) is 64.8. The second kappa shape index (κ2) is 61.1. The molecule has 9 rings (SSSR count). The first-order valence-electron chi connectivity index (χ1n) is 45.8. The Labute approximate surface area is 746 Å². The molecule has 10 unspecified atom stereocenters. The molecule has 684 valence electrons. The van der Waals surface area contributed by atoms with Crippen LogP contribution < -0.4 is 14.2 Å². The fourth-order valence-corrected chi connectivity index (χ4v) is 11.8. The minimum absolute atomic E-state index is 0.0224. The Hall–Kier alpha value is -9.27. The Bertz CT molecular complexity index is 3740. The molecule has 0 saturated heterocycles. The van der Waals surface area contributed by atoms with E-state index in [2.05, 4.69) is 164 Å². The molecule has 14 heteroatoms. The number of aromatic hydroxyl groups is 4. The molecule has 4 N–H and O–H groups in total. The van der Waals surface area contributed by atoms with E-state index in [4.69, 9.17) is 53.6 Å². The number of phenolic OH excluding ortho intramolecular Hbond substituents is 4. The fraction of sp³-hybridized carbons (Fsp3) is 0.532. The molecule has 1 saturated carbocycles. The quantitative estimate of drug-likeness (QED) is 0.0125. The van der Waals surface area contributed by atoms with Gasteiger partial charge in [0, 0.05) is 0 Å². The summed E-state index contributed by atoms with van der Waals surface area (Å²) in [4.78, 5) is 33.8. The van der Waals surface area contributed by atoms with Gasteiger partial charge in [0.05, 0.1) is 18.4 Å². The van der Waals surface area contributed by atoms with Crippen molar-refractivity contribution >= 4 is 18.1 Å². The summed E-state index contributed by atoms with van der Waals surface area (Å²) in [6.07, 6.45) is 15.5. The molecule has 0 aliphatic heterocycles. The van der Waals surface area contributed by atoms with Gasteiger partial charge in [0.1, 0.15) is 63.7 Å². The van der Waals surface area contributed by atoms with E-state index in [1.165, 1.54) is 83.0 Å². The summed E-state index contributed by atoms with van der Waals surface area (Å²) < 4.78 is 37.9. The highest BCUT2D eigenvalue weighted by atomic mass is 16.7. The molecule has 0 bridgehead atoms. The normalized spacial score (nSPS) is 14.1. The van der Waals surface area contributed by atoms with E-state index in [9.17, 15) is 14.4 Å². The van der Waals surface area contributed by atoms with Gasteiger partial charge in [-0.05, 0) is 317 Å². The zero-order chi connectivity index (χ0) is 92.8. The number of hydrogen-bond acceptors (Lipinski definition) is 14. The smallest absolute Gasteiger partial charge is 0.508 e. The van der Waals surface area contributed by atoms with E-state index in [0.29, 0.717) is 83.4 Å². The SMILES string of the molecule is CCC(C)C(=O)OC(C)(C)C.CCC(C)C(=O)OC(C)(C)C.CCC(C)c1ccc(O)cc1.CCC(C)c1ccc(O)cc1.CCC(C)c1ccc(O)cc1.CCC(C)c1ccc(O)cc1.CCC(C)c1ccc(OC(=O)OC(C)(C)C)cc1.CCC(C)c1ccc(OC(C)OCCOc2ccc(C3CCCCC3)cc2)cc1.CCC(C)c1ccccc1. The summed E-state index contributed by atoms with van der Waals surface area (Å²) >= 11 is 0. The van der Waals surface area contributed by atoms with Crippen LogP contribution in [0.3, 0.4) is 0 Å². The number of carbonyl (C=O) groups is 3. The average Bonchev–Trinajstić information content (AvgIpc) is 0.871. The topological polar surface area (TPSA) is 197 Å². The predicted molar refractivity (Wildman–Crippen MR) is 514 cm³/mol. The Balaban J connectivity index is 0.000000714. The van der Waals surface area contributed by atoms with Crippen molar-refractivity contribution in [2.45, 2.75) is 354 Å². The van der Waals surface area contributed by atoms with Crippen molar-refractivity contribution < 1.29 is 68.0 Å². The van der Waals surface area contributed by atoms with E-state index in [1.807, 2.05) is 149 Å². The van der Waals surface area contributed by atoms with E-state index in [0.717, 1.165) is 68.8 Å². The van der Waals surface area contributed by atoms with Gasteiger partial charge >= 0.3 is 18.1 Å². The summed E-state index contributed by atoms with van der Waals surface area (Å²) in [5, 5.41) is 36.0. The van der Waals surface area contributed by atoms with Crippen molar-refractivity contribution in [2.75, 3.05) is 13.2 Å². The monoisotopic (exact) mass is 1700 g/mol. The van der Waals surface area contributed by atoms with Crippen molar-refractivity contribution in [1.29, 1.82) is 0 Å². The number of hydrogen-bond donors (Lipinski definition) is 4. The molecule has 123 heavy (non-hydrogen) atoms. The third-order valence-electron chi connectivity index (χ3n) is 21.8. The Morgan fingerprint density at radius 3 is 0.862 bits per heavy atom. The first kappa shape index (κ1) is 112. The van der Waals surface area contributed by atoms with Crippen LogP contribution in [-0.4, -0.2) is 74.8 Å². The lowest BCUT2D eigenvalue weighted by Crippen LogP contribution is -2.27. The van der Waals surface area contributed by atoms with Crippen LogP contribution in [0.2, 0.25) is 0 Å². The van der Waals surface area contributed by atoms with Crippen molar-refractivity contribution in [3.63, 3.8) is 0 Å². The van der Waals surface area contributed by atoms with Crippen LogP contribution in [0.4, 0.5) is 4.79 Å². The van der Waals surface area contributed by atoms with E-state index < -0.39 is 11.8 Å². The summed E-state index contributed by atoms with van der Waals surface area (Å²) in [5.41, 5.74) is 9.45. The Morgan fingerprint density at radius 1 is 0.317 bits per heavy atom. The number of benzene rings is 8. The molecule has 0 aromatic heterocycles. The van der Waals surface area contributed by atoms with Crippen molar-refractivity contribution in [3.8, 4) is 40.2 Å². The highest BCUT2D eigenvalue weighted by molar-refractivity contribution is 5.72. The lowest BCUT2D eigenvalue weighted by molar-refractivity contribution is -0.160. The summed E-state index contributed by atoms with van der Waals surface area (Å²) in [7, 11) is 0. The van der Waals surface area contributed by atoms with Crippen LogP contribution in [0.25, 0.3) is 0 Å². The van der Waals surface area contributed by atoms with Crippen LogP contribution in [0.5, 0.6) is 40.2 Å². The maximum absolute atomic E-state index is 11.5. The van der Waals surface area contributed by atoms with Crippen molar-refractivity contribution in [2.24, 2.45) is 11.8 Å². The first-order chi connectivity index (χ1) is 58.0. The second-order valence-corrected chi connectivity index (χ2v) is 35.6. The standard InChI is InChI=1S/C26H36O3.C15H22O3.4C10H14O.C10H14.2C9H18O2/c1-4-20(2)22-10-16-26(17-11-22)29-21(3)27-18-19-28-25-14-12-24(13-15-25)23-8-6-5-7-9-23;1-6-11(2)12-7-9-13(10-8-12)17-14(16)18-15(3,4)5;4*1-3-8(2)9-4-6-10(11)7-5-9;1-3-9(2)10-7-5-4-6-8-10;2*1-6-7(2)8(10)11-9(3,4)5/h10-17,20-21,23H,4-9,18-19H2,1-3H3;7-11H,6H2,1-5H3;4*4-8,11H,3H2,1-2H3;4-9H,3H2,1-2H3;2*7H,6H2,1-5H3. The molecule has 14 nitrogen and oxygen atoms in total. The van der Waals surface area contributed by atoms with Gasteiger partial charge in [0.25, 0.3) is 0 Å². The molecule has 0 heterocycles. The molecule has 8 aromatic rings. The first-order valence-corrected chi connectivity index (χ1v) is 45.8. The number of ether oxygens (including phenoxy) is 7. The Morgan fingerprint density at radius 2 is 0.585 bits per heavy atom. The van der Waals surface area contributed by atoms with Crippen LogP contribution >= 0.6 is 0 Å². The van der Waals surface area contributed by atoms with E-state index in [-0.39, 0.29) is 41.3 Å². The molecule has 0 spiro atoms. The minimum Gasteiger partial charge on any atom is -0.508 e. The van der Waals surface area contributed by atoms with Gasteiger partial charge < -0.3 is 53.6 Å². The van der Waals surface area contributed by atoms with Crippen LogP contribution in [-0.2, 0) is 28.5 Å². The molecule has 0 amide bonds. The van der Waals surface area contributed by atoms with Gasteiger partial charge in [0.15, 0.2) is 6.29 Å². The number of esters is 2. The predicted octanol–water partition coefficient (Wildman–Crippen LogP) is 31.2. The number of carbonyl (C=O) groups excluding carboxylic acids is 3. The summed E-state index contributed by atoms with van der Waals surface area (Å²) in [6.45, 7) is 58.0. The molecule has 10 atom stereocenters. The van der Waals surface area contributed by atoms with Gasteiger partial charge in [-0.15, -0.1) is 0 Å². The van der Waals surface area contributed by atoms with Gasteiger partial charge in [-0.1, -0.05) is 259 Å². The molecule has 0 radical (unpaired) electrons. The molecular formula is C109H164O14. The second-order valence-electron chi connectivity index (χ2n) is 35.6. The van der Waals surface area contributed by atoms with Crippen molar-refractivity contribution in [3.05, 3.63) is 245 Å². The fourth-order valence-electron chi connectivity index (χ4n) is 11.8.